The van der Waals surface area contributed by atoms with Crippen LogP contribution in [-0.4, -0.2) is 41.5 Å². The molecule has 124 valence electrons. The van der Waals surface area contributed by atoms with Gasteiger partial charge >= 0.3 is 0 Å². The molecule has 1 aliphatic rings. The quantitative estimate of drug-likeness (QED) is 0.920. The Bertz CT molecular complexity index is 706. The smallest absolute Gasteiger partial charge is 0.251 e. The molecule has 2 heterocycles. The van der Waals surface area contributed by atoms with Crippen LogP contribution in [0.5, 0.6) is 0 Å². The minimum absolute atomic E-state index is 0.0924. The van der Waals surface area contributed by atoms with Gasteiger partial charge in [-0.2, -0.15) is 0 Å². The van der Waals surface area contributed by atoms with Crippen molar-refractivity contribution in [1.29, 1.82) is 0 Å². The topological polar surface area (TPSA) is 71.5 Å². The van der Waals surface area contributed by atoms with Gasteiger partial charge in [0.1, 0.15) is 6.61 Å². The summed E-state index contributed by atoms with van der Waals surface area (Å²) in [5, 5.41) is 2.86. The van der Waals surface area contributed by atoms with E-state index in [1.54, 1.807) is 24.3 Å². The third-order valence-electron chi connectivity index (χ3n) is 4.07. The molecule has 2 aromatic rings. The van der Waals surface area contributed by atoms with Gasteiger partial charge in [-0.15, -0.1) is 0 Å². The summed E-state index contributed by atoms with van der Waals surface area (Å²) in [4.78, 5) is 30.2. The average molecular weight is 325 g/mol. The lowest BCUT2D eigenvalue weighted by Gasteiger charge is -2.38. The number of aromatic nitrogens is 1. The molecule has 1 N–H and O–H groups in total. The van der Waals surface area contributed by atoms with Crippen LogP contribution < -0.4 is 5.32 Å². The van der Waals surface area contributed by atoms with Gasteiger partial charge in [-0.1, -0.05) is 36.4 Å². The van der Waals surface area contributed by atoms with Crippen LogP contribution in [0.4, 0.5) is 0 Å². The zero-order valence-corrected chi connectivity index (χ0v) is 13.4. The number of benzene rings is 1. The number of carbonyl (C=O) groups is 2. The van der Waals surface area contributed by atoms with Gasteiger partial charge < -0.3 is 15.0 Å². The fraction of sp³-hybridized carbons (Fsp3) is 0.278. The van der Waals surface area contributed by atoms with Crippen molar-refractivity contribution in [3.05, 3.63) is 66.0 Å². The fourth-order valence-corrected chi connectivity index (χ4v) is 2.77. The molecule has 0 spiro atoms. The van der Waals surface area contributed by atoms with Crippen molar-refractivity contribution in [3.63, 3.8) is 0 Å². The molecule has 0 radical (unpaired) electrons. The van der Waals surface area contributed by atoms with Gasteiger partial charge in [0, 0.05) is 26.0 Å². The number of rotatable bonds is 4. The number of hydrogen-bond acceptors (Lipinski definition) is 4. The van der Waals surface area contributed by atoms with Gasteiger partial charge in [0.2, 0.25) is 5.91 Å². The van der Waals surface area contributed by atoms with Crippen molar-refractivity contribution in [2.45, 2.75) is 18.7 Å². The third-order valence-corrected chi connectivity index (χ3v) is 4.07. The summed E-state index contributed by atoms with van der Waals surface area (Å²) in [5.41, 5.74) is 1.77. The van der Waals surface area contributed by atoms with Crippen LogP contribution in [0, 0.1) is 0 Å². The van der Waals surface area contributed by atoms with E-state index in [2.05, 4.69) is 10.3 Å². The van der Waals surface area contributed by atoms with Crippen molar-refractivity contribution >= 4 is 11.8 Å². The van der Waals surface area contributed by atoms with Crippen LogP contribution in [-0.2, 0) is 20.9 Å². The molecule has 24 heavy (non-hydrogen) atoms. The summed E-state index contributed by atoms with van der Waals surface area (Å²) in [7, 11) is 1.70. The molecule has 1 fully saturated rings. The van der Waals surface area contributed by atoms with E-state index < -0.39 is 12.1 Å². The van der Waals surface area contributed by atoms with Crippen LogP contribution in [0.3, 0.4) is 0 Å². The number of amides is 2. The van der Waals surface area contributed by atoms with E-state index in [-0.39, 0.29) is 18.4 Å². The Hall–Kier alpha value is -2.73. The number of carbonyl (C=O) groups excluding carboxylic acids is 2. The predicted molar refractivity (Wildman–Crippen MR) is 87.8 cm³/mol. The van der Waals surface area contributed by atoms with Crippen LogP contribution in [0.25, 0.3) is 0 Å². The second-order valence-electron chi connectivity index (χ2n) is 5.67. The molecular weight excluding hydrogens is 306 g/mol. The van der Waals surface area contributed by atoms with Gasteiger partial charge in [-0.25, -0.2) is 0 Å². The number of hydrogen-bond donors (Lipinski definition) is 1. The minimum atomic E-state index is -0.744. The maximum absolute atomic E-state index is 12.6. The first kappa shape index (κ1) is 16.1. The van der Waals surface area contributed by atoms with E-state index in [0.29, 0.717) is 6.54 Å². The Morgan fingerprint density at radius 3 is 2.79 bits per heavy atom. The summed E-state index contributed by atoms with van der Waals surface area (Å²) in [5.74, 6) is -0.382. The second-order valence-corrected chi connectivity index (χ2v) is 5.67. The van der Waals surface area contributed by atoms with Crippen LogP contribution in [0.15, 0.2) is 54.9 Å². The van der Waals surface area contributed by atoms with Crippen molar-refractivity contribution in [2.75, 3.05) is 13.7 Å². The Morgan fingerprint density at radius 2 is 2.08 bits per heavy atom. The standard InChI is InChI=1S/C18H19N3O3/c1-21-15(22)12-24-17(16(21)14-7-3-2-4-8-14)18(23)20-11-13-6-5-9-19-10-13/h2-10,16-17H,11-12H2,1H3,(H,20,23)/t16-,17+/m0/s1. The number of likely N-dealkylation sites (N-methyl/N-ethyl adjacent to an activating group) is 1. The number of ether oxygens (including phenoxy) is 1. The first-order valence-corrected chi connectivity index (χ1v) is 7.75. The van der Waals surface area contributed by atoms with Gasteiger partial charge in [0.05, 0.1) is 6.04 Å². The lowest BCUT2D eigenvalue weighted by molar-refractivity contribution is -0.162. The Balaban J connectivity index is 1.76. The summed E-state index contributed by atoms with van der Waals surface area (Å²) in [6.45, 7) is 0.274. The highest BCUT2D eigenvalue weighted by molar-refractivity contribution is 5.86. The lowest BCUT2D eigenvalue weighted by Crippen LogP contribution is -2.52. The predicted octanol–water partition coefficient (Wildman–Crippen LogP) is 1.30. The summed E-state index contributed by atoms with van der Waals surface area (Å²) < 4.78 is 5.56. The highest BCUT2D eigenvalue weighted by Gasteiger charge is 2.39. The first-order chi connectivity index (χ1) is 11.7. The number of pyridine rings is 1. The van der Waals surface area contributed by atoms with Crippen molar-refractivity contribution in [1.82, 2.24) is 15.2 Å². The maximum atomic E-state index is 12.6. The normalized spacial score (nSPS) is 20.7. The summed E-state index contributed by atoms with van der Waals surface area (Å²) in [6, 6.07) is 12.7. The third kappa shape index (κ3) is 3.44. The number of nitrogens with zero attached hydrogens (tertiary/aromatic N) is 2. The highest BCUT2D eigenvalue weighted by Crippen LogP contribution is 2.29. The summed E-state index contributed by atoms with van der Waals surface area (Å²) in [6.07, 6.45) is 2.64. The number of nitrogens with one attached hydrogen (secondary N) is 1. The lowest BCUT2D eigenvalue weighted by atomic mass is 9.97. The van der Waals surface area contributed by atoms with E-state index >= 15 is 0 Å². The monoisotopic (exact) mass is 325 g/mol. The SMILES string of the molecule is CN1C(=O)CO[C@@H](C(=O)NCc2cccnc2)[C@@H]1c1ccccc1. The van der Waals surface area contributed by atoms with Crippen LogP contribution >= 0.6 is 0 Å². The largest absolute Gasteiger partial charge is 0.356 e. The van der Waals surface area contributed by atoms with Gasteiger partial charge in [0.15, 0.2) is 6.10 Å². The molecule has 6 nitrogen and oxygen atoms in total. The van der Waals surface area contributed by atoms with Gasteiger partial charge in [-0.05, 0) is 17.2 Å². The molecule has 0 bridgehead atoms. The molecule has 1 aromatic carbocycles. The maximum Gasteiger partial charge on any atom is 0.251 e. The Labute approximate surface area is 140 Å². The van der Waals surface area contributed by atoms with E-state index in [4.69, 9.17) is 4.74 Å². The molecular formula is C18H19N3O3. The molecule has 2 amide bonds. The first-order valence-electron chi connectivity index (χ1n) is 7.75. The molecule has 1 aromatic heterocycles. The van der Waals surface area contributed by atoms with Crippen LogP contribution in [0.2, 0.25) is 0 Å². The molecule has 6 heteroatoms. The van der Waals surface area contributed by atoms with Crippen LogP contribution in [0.1, 0.15) is 17.2 Å². The molecule has 1 aliphatic heterocycles. The van der Waals surface area contributed by atoms with Crippen molar-refractivity contribution in [3.8, 4) is 0 Å². The molecule has 2 atom stereocenters. The van der Waals surface area contributed by atoms with E-state index in [1.807, 2.05) is 42.5 Å². The highest BCUT2D eigenvalue weighted by atomic mass is 16.5. The molecule has 0 aliphatic carbocycles. The molecule has 3 rings (SSSR count). The van der Waals surface area contributed by atoms with Gasteiger partial charge in [-0.3, -0.25) is 14.6 Å². The fourth-order valence-electron chi connectivity index (χ4n) is 2.77. The minimum Gasteiger partial charge on any atom is -0.356 e. The molecule has 1 saturated heterocycles. The van der Waals surface area contributed by atoms with Crippen molar-refractivity contribution < 1.29 is 14.3 Å². The number of morpholine rings is 1. The van der Waals surface area contributed by atoms with E-state index in [1.165, 1.54) is 0 Å². The molecule has 0 unspecified atom stereocenters. The Morgan fingerprint density at radius 1 is 1.29 bits per heavy atom. The second kappa shape index (κ2) is 7.23. The van der Waals surface area contributed by atoms with E-state index in [9.17, 15) is 9.59 Å². The van der Waals surface area contributed by atoms with Gasteiger partial charge in [0.25, 0.3) is 5.91 Å². The zero-order chi connectivity index (χ0) is 16.9. The van der Waals surface area contributed by atoms with E-state index in [0.717, 1.165) is 11.1 Å². The molecule has 0 saturated carbocycles. The van der Waals surface area contributed by atoms with Crippen molar-refractivity contribution in [2.24, 2.45) is 0 Å². The zero-order valence-electron chi connectivity index (χ0n) is 13.4. The Kier molecular flexibility index (Phi) is 4.86. The average Bonchev–Trinajstić information content (AvgIpc) is 2.63. The summed E-state index contributed by atoms with van der Waals surface area (Å²) >= 11 is 0.